The third-order valence-corrected chi connectivity index (χ3v) is 3.87. The van der Waals surface area contributed by atoms with Crippen LogP contribution in [0.4, 0.5) is 0 Å². The maximum Gasteiger partial charge on any atom is 0.155 e. The molecular weight excluding hydrogens is 270 g/mol. The van der Waals surface area contributed by atoms with E-state index in [0.29, 0.717) is 11.1 Å². The number of hydrogen-bond donors (Lipinski definition) is 0. The maximum atomic E-state index is 11.4. The molecule has 0 aromatic carbocycles. The molecule has 0 radical (unpaired) electrons. The van der Waals surface area contributed by atoms with Crippen molar-refractivity contribution in [3.8, 4) is 0 Å². The largest absolute Gasteiger partial charge is 0.295 e. The fraction of sp³-hybridized carbons (Fsp3) is 0.529. The van der Waals surface area contributed by atoms with Crippen LogP contribution in [0.15, 0.2) is 40.0 Å². The molecule has 0 aliphatic heterocycles. The summed E-state index contributed by atoms with van der Waals surface area (Å²) in [7, 11) is 0. The smallest absolute Gasteiger partial charge is 0.155 e. The van der Waals surface area contributed by atoms with Crippen LogP contribution in [0.1, 0.15) is 52.9 Å². The Morgan fingerprint density at radius 1 is 1.35 bits per heavy atom. The second kappa shape index (κ2) is 8.21. The normalized spacial score (nSPS) is 18.5. The van der Waals surface area contributed by atoms with Gasteiger partial charge < -0.3 is 0 Å². The number of halogens is 1. The van der Waals surface area contributed by atoms with Gasteiger partial charge in [-0.2, -0.15) is 0 Å². The zero-order valence-corrected chi connectivity index (χ0v) is 13.5. The Labute approximate surface area is 127 Å². The zero-order chi connectivity index (χ0) is 15.1. The molecule has 0 aromatic heterocycles. The molecule has 0 atom stereocenters. The first-order chi connectivity index (χ1) is 9.43. The summed E-state index contributed by atoms with van der Waals surface area (Å²) in [6.45, 7) is 9.03. The Morgan fingerprint density at radius 2 is 1.95 bits per heavy atom. The summed E-state index contributed by atoms with van der Waals surface area (Å²) < 4.78 is 0. The van der Waals surface area contributed by atoms with Gasteiger partial charge in [-0.3, -0.25) is 4.79 Å². The number of carbonyl (C=O) groups is 1. The zero-order valence-electron chi connectivity index (χ0n) is 12.7. The highest BCUT2D eigenvalue weighted by atomic mass is 35.5. The van der Waals surface area contributed by atoms with Crippen molar-refractivity contribution in [1.29, 1.82) is 0 Å². The van der Waals surface area contributed by atoms with Crippen LogP contribution in [0, 0.1) is 5.92 Å². The van der Waals surface area contributed by atoms with Crippen molar-refractivity contribution in [2.45, 2.75) is 52.9 Å². The van der Waals surface area contributed by atoms with Crippen LogP contribution >= 0.6 is 11.6 Å². The van der Waals surface area contributed by atoms with Crippen molar-refractivity contribution in [3.05, 3.63) is 35.0 Å². The number of Topliss-reactive ketones (excluding diaryl/α,β-unsaturated/α-hetero) is 1. The minimum Gasteiger partial charge on any atom is -0.295 e. The van der Waals surface area contributed by atoms with E-state index in [1.54, 1.807) is 6.92 Å². The molecule has 1 aliphatic carbocycles. The summed E-state index contributed by atoms with van der Waals surface area (Å²) in [5.41, 5.74) is 2.66. The van der Waals surface area contributed by atoms with Crippen molar-refractivity contribution in [3.63, 3.8) is 0 Å². The molecular formula is C17H24ClNO. The van der Waals surface area contributed by atoms with Crippen molar-refractivity contribution in [2.75, 3.05) is 0 Å². The molecule has 0 saturated heterocycles. The van der Waals surface area contributed by atoms with Gasteiger partial charge in [0.25, 0.3) is 0 Å². The van der Waals surface area contributed by atoms with E-state index in [2.05, 4.69) is 11.6 Å². The van der Waals surface area contributed by atoms with Gasteiger partial charge in [-0.1, -0.05) is 49.9 Å². The molecule has 1 aliphatic rings. The van der Waals surface area contributed by atoms with Crippen molar-refractivity contribution in [1.82, 2.24) is 0 Å². The van der Waals surface area contributed by atoms with Crippen LogP contribution in [0.2, 0.25) is 0 Å². The first kappa shape index (κ1) is 16.9. The van der Waals surface area contributed by atoms with E-state index in [-0.39, 0.29) is 5.78 Å². The summed E-state index contributed by atoms with van der Waals surface area (Å²) in [5, 5.41) is 0.297. The summed E-state index contributed by atoms with van der Waals surface area (Å²) in [5.74, 6) is 0.750. The van der Waals surface area contributed by atoms with Crippen LogP contribution in [0.25, 0.3) is 0 Å². The monoisotopic (exact) mass is 293 g/mol. The fourth-order valence-corrected chi connectivity index (χ4v) is 2.63. The fourth-order valence-electron chi connectivity index (χ4n) is 2.53. The van der Waals surface area contributed by atoms with Gasteiger partial charge >= 0.3 is 0 Å². The Kier molecular flexibility index (Phi) is 6.94. The van der Waals surface area contributed by atoms with E-state index >= 15 is 0 Å². The number of allylic oxidation sites excluding steroid dienone is 4. The predicted octanol–water partition coefficient (Wildman–Crippen LogP) is 5.20. The molecule has 1 fully saturated rings. The van der Waals surface area contributed by atoms with Crippen molar-refractivity contribution >= 4 is 23.1 Å². The van der Waals surface area contributed by atoms with Crippen LogP contribution in [0.5, 0.6) is 0 Å². The SMILES string of the molecule is C=C(Cl)\N=C(CC1CCCC1)/C(=C\C)/C=C(\C)C(C)=O. The lowest BCUT2D eigenvalue weighted by molar-refractivity contribution is -0.113. The Morgan fingerprint density at radius 3 is 2.40 bits per heavy atom. The van der Waals surface area contributed by atoms with Crippen LogP contribution in [-0.2, 0) is 4.79 Å². The van der Waals surface area contributed by atoms with Crippen LogP contribution < -0.4 is 0 Å². The molecule has 0 spiro atoms. The van der Waals surface area contributed by atoms with E-state index in [1.807, 2.05) is 26.0 Å². The second-order valence-corrected chi connectivity index (χ2v) is 5.85. The van der Waals surface area contributed by atoms with Crippen LogP contribution in [0.3, 0.4) is 0 Å². The molecule has 0 amide bonds. The average Bonchev–Trinajstić information content (AvgIpc) is 2.87. The second-order valence-electron chi connectivity index (χ2n) is 5.42. The first-order valence-electron chi connectivity index (χ1n) is 7.22. The number of ketones is 1. The highest BCUT2D eigenvalue weighted by Gasteiger charge is 2.19. The Hall–Kier alpha value is -1.15. The summed E-state index contributed by atoms with van der Waals surface area (Å²) >= 11 is 5.86. The summed E-state index contributed by atoms with van der Waals surface area (Å²) in [4.78, 5) is 15.8. The van der Waals surface area contributed by atoms with E-state index in [1.165, 1.54) is 25.7 Å². The number of rotatable bonds is 6. The van der Waals surface area contributed by atoms with E-state index in [4.69, 9.17) is 11.6 Å². The van der Waals surface area contributed by atoms with Gasteiger partial charge in [0.2, 0.25) is 0 Å². The minimum absolute atomic E-state index is 0.0780. The standard InChI is InChI=1S/C17H24ClNO/c1-5-16(10-12(2)13(3)20)17(19-14(4)18)11-15-8-6-7-9-15/h5,10,15H,4,6-9,11H2,1-3H3/b12-10+,16-5-,19-17-. The van der Waals surface area contributed by atoms with E-state index in [0.717, 1.165) is 23.3 Å². The number of nitrogens with zero attached hydrogens (tertiary/aromatic N) is 1. The van der Waals surface area contributed by atoms with Gasteiger partial charge in [0, 0.05) is 5.71 Å². The third-order valence-electron chi connectivity index (χ3n) is 3.78. The topological polar surface area (TPSA) is 29.4 Å². The Bertz CT molecular complexity index is 465. The molecule has 0 aromatic rings. The average molecular weight is 294 g/mol. The van der Waals surface area contributed by atoms with Crippen LogP contribution in [-0.4, -0.2) is 11.5 Å². The number of hydrogen-bond acceptors (Lipinski definition) is 2. The molecule has 0 unspecified atom stereocenters. The van der Waals surface area contributed by atoms with Gasteiger partial charge in [-0.25, -0.2) is 4.99 Å². The summed E-state index contributed by atoms with van der Waals surface area (Å²) in [6.07, 6.45) is 9.89. The highest BCUT2D eigenvalue weighted by Crippen LogP contribution is 2.29. The van der Waals surface area contributed by atoms with Gasteiger partial charge in [-0.05, 0) is 50.3 Å². The Balaban J connectivity index is 2.98. The molecule has 3 heteroatoms. The lowest BCUT2D eigenvalue weighted by Crippen LogP contribution is -2.09. The molecule has 1 saturated carbocycles. The molecule has 1 rings (SSSR count). The predicted molar refractivity (Wildman–Crippen MR) is 87.2 cm³/mol. The lowest BCUT2D eigenvalue weighted by atomic mass is 9.94. The lowest BCUT2D eigenvalue weighted by Gasteiger charge is -2.13. The van der Waals surface area contributed by atoms with Crippen molar-refractivity contribution < 1.29 is 4.79 Å². The summed E-state index contributed by atoms with van der Waals surface area (Å²) in [6, 6.07) is 0. The van der Waals surface area contributed by atoms with Gasteiger partial charge in [0.15, 0.2) is 5.78 Å². The first-order valence-corrected chi connectivity index (χ1v) is 7.59. The molecule has 110 valence electrons. The van der Waals surface area contributed by atoms with E-state index in [9.17, 15) is 4.79 Å². The maximum absolute atomic E-state index is 11.4. The molecule has 2 nitrogen and oxygen atoms in total. The van der Waals surface area contributed by atoms with Crippen molar-refractivity contribution in [2.24, 2.45) is 10.9 Å². The van der Waals surface area contributed by atoms with Gasteiger partial charge in [0.05, 0.1) is 0 Å². The third kappa shape index (κ3) is 5.46. The molecule has 20 heavy (non-hydrogen) atoms. The molecule has 0 N–H and O–H groups in total. The minimum atomic E-state index is 0.0780. The van der Waals surface area contributed by atoms with E-state index < -0.39 is 0 Å². The molecule has 0 bridgehead atoms. The number of carbonyl (C=O) groups excluding carboxylic acids is 1. The quantitative estimate of drug-likeness (QED) is 0.286. The van der Waals surface area contributed by atoms with Gasteiger partial charge in [0.1, 0.15) is 5.16 Å². The van der Waals surface area contributed by atoms with Gasteiger partial charge in [-0.15, -0.1) is 0 Å². The number of aliphatic imine (C=N–C) groups is 1. The highest BCUT2D eigenvalue weighted by molar-refractivity contribution is 6.30. The molecule has 0 heterocycles.